The van der Waals surface area contributed by atoms with Gasteiger partial charge in [0.25, 0.3) is 0 Å². The highest BCUT2D eigenvalue weighted by Crippen LogP contribution is 2.25. The summed E-state index contributed by atoms with van der Waals surface area (Å²) >= 11 is 0. The molecule has 0 atom stereocenters. The van der Waals surface area contributed by atoms with E-state index in [4.69, 9.17) is 10.00 Å². The highest BCUT2D eigenvalue weighted by Gasteiger charge is 2.09. The van der Waals surface area contributed by atoms with Crippen LogP contribution < -0.4 is 4.74 Å². The Hall–Kier alpha value is -1.49. The number of unbranched alkanes of at least 4 members (excludes halogenated alkanes) is 1. The molecular weight excluding hydrogens is 198 g/mol. The highest BCUT2D eigenvalue weighted by molar-refractivity contribution is 5.37. The Kier molecular flexibility index (Phi) is 3.82. The number of fused-ring (bicyclic) bond motifs is 1. The first-order chi connectivity index (χ1) is 7.90. The van der Waals surface area contributed by atoms with Crippen molar-refractivity contribution in [1.29, 1.82) is 5.26 Å². The fraction of sp³-hybridized carbons (Fsp3) is 0.500. The van der Waals surface area contributed by atoms with E-state index in [1.807, 2.05) is 0 Å². The van der Waals surface area contributed by atoms with E-state index in [1.54, 1.807) is 0 Å². The van der Waals surface area contributed by atoms with Crippen molar-refractivity contribution in [3.8, 4) is 11.8 Å². The number of hydrogen-bond acceptors (Lipinski definition) is 2. The predicted molar refractivity (Wildman–Crippen MR) is 63.4 cm³/mol. The molecule has 0 aliphatic heterocycles. The maximum Gasteiger partial charge on any atom is 0.119 e. The minimum atomic E-state index is 0.574. The van der Waals surface area contributed by atoms with Crippen LogP contribution in [0.15, 0.2) is 18.2 Å². The van der Waals surface area contributed by atoms with E-state index in [0.717, 1.165) is 12.2 Å². The molecule has 0 saturated heterocycles. The SMILES string of the molecule is N#CCCCOc1ccc2c(c1)CCCC2. The van der Waals surface area contributed by atoms with Crippen molar-refractivity contribution in [3.05, 3.63) is 29.3 Å². The standard InChI is InChI=1S/C14H17NO/c15-9-3-4-10-16-14-8-7-12-5-1-2-6-13(12)11-14/h7-8,11H,1-6,10H2. The Labute approximate surface area is 96.9 Å². The van der Waals surface area contributed by atoms with E-state index < -0.39 is 0 Å². The third kappa shape index (κ3) is 2.76. The van der Waals surface area contributed by atoms with Crippen LogP contribution in [-0.2, 0) is 12.8 Å². The zero-order chi connectivity index (χ0) is 11.2. The Morgan fingerprint density at radius 2 is 2.00 bits per heavy atom. The van der Waals surface area contributed by atoms with E-state index >= 15 is 0 Å². The lowest BCUT2D eigenvalue weighted by Gasteiger charge is -2.16. The average Bonchev–Trinajstić information content (AvgIpc) is 2.34. The van der Waals surface area contributed by atoms with Gasteiger partial charge in [0, 0.05) is 6.42 Å². The molecule has 84 valence electrons. The molecule has 1 aromatic carbocycles. The van der Waals surface area contributed by atoms with E-state index in [-0.39, 0.29) is 0 Å². The van der Waals surface area contributed by atoms with Crippen LogP contribution in [0, 0.1) is 11.3 Å². The van der Waals surface area contributed by atoms with Crippen molar-refractivity contribution >= 4 is 0 Å². The molecule has 0 N–H and O–H groups in total. The number of rotatable bonds is 4. The van der Waals surface area contributed by atoms with E-state index in [9.17, 15) is 0 Å². The maximum absolute atomic E-state index is 8.42. The van der Waals surface area contributed by atoms with Gasteiger partial charge in [-0.15, -0.1) is 0 Å². The molecule has 0 radical (unpaired) electrons. The molecule has 0 aromatic heterocycles. The molecule has 0 bridgehead atoms. The Morgan fingerprint density at radius 3 is 2.81 bits per heavy atom. The summed E-state index contributed by atoms with van der Waals surface area (Å²) in [6.07, 6.45) is 6.40. The molecular formula is C14H17NO. The van der Waals surface area contributed by atoms with Crippen LogP contribution in [-0.4, -0.2) is 6.61 Å². The topological polar surface area (TPSA) is 33.0 Å². The second-order valence-electron chi connectivity index (χ2n) is 4.25. The van der Waals surface area contributed by atoms with Crippen LogP contribution in [0.25, 0.3) is 0 Å². The third-order valence-corrected chi connectivity index (χ3v) is 3.02. The second kappa shape index (κ2) is 5.55. The molecule has 2 nitrogen and oxygen atoms in total. The van der Waals surface area contributed by atoms with Gasteiger partial charge in [0.05, 0.1) is 12.7 Å². The van der Waals surface area contributed by atoms with Crippen LogP contribution in [0.1, 0.15) is 36.8 Å². The highest BCUT2D eigenvalue weighted by atomic mass is 16.5. The fourth-order valence-corrected chi connectivity index (χ4v) is 2.14. The van der Waals surface area contributed by atoms with Crippen molar-refractivity contribution in [2.45, 2.75) is 38.5 Å². The molecule has 1 aliphatic rings. The number of ether oxygens (including phenoxy) is 1. The van der Waals surface area contributed by atoms with Crippen molar-refractivity contribution in [3.63, 3.8) is 0 Å². The largest absolute Gasteiger partial charge is 0.494 e. The molecule has 0 spiro atoms. The summed E-state index contributed by atoms with van der Waals surface area (Å²) in [5, 5.41) is 8.42. The minimum Gasteiger partial charge on any atom is -0.494 e. The monoisotopic (exact) mass is 215 g/mol. The van der Waals surface area contributed by atoms with E-state index in [0.29, 0.717) is 13.0 Å². The van der Waals surface area contributed by atoms with E-state index in [2.05, 4.69) is 24.3 Å². The zero-order valence-corrected chi connectivity index (χ0v) is 9.54. The van der Waals surface area contributed by atoms with Crippen molar-refractivity contribution in [1.82, 2.24) is 0 Å². The summed E-state index contributed by atoms with van der Waals surface area (Å²) in [6.45, 7) is 0.645. The number of hydrogen-bond donors (Lipinski definition) is 0. The molecule has 16 heavy (non-hydrogen) atoms. The summed E-state index contributed by atoms with van der Waals surface area (Å²) in [6, 6.07) is 8.53. The first-order valence-corrected chi connectivity index (χ1v) is 6.02. The van der Waals surface area contributed by atoms with Gasteiger partial charge in [-0.1, -0.05) is 6.07 Å². The van der Waals surface area contributed by atoms with Gasteiger partial charge in [-0.25, -0.2) is 0 Å². The van der Waals surface area contributed by atoms with Gasteiger partial charge >= 0.3 is 0 Å². The zero-order valence-electron chi connectivity index (χ0n) is 9.54. The van der Waals surface area contributed by atoms with Gasteiger partial charge in [-0.05, 0) is 55.4 Å². The second-order valence-corrected chi connectivity index (χ2v) is 4.25. The predicted octanol–water partition coefficient (Wildman–Crippen LogP) is 3.25. The summed E-state index contributed by atoms with van der Waals surface area (Å²) in [7, 11) is 0. The molecule has 0 unspecified atom stereocenters. The fourth-order valence-electron chi connectivity index (χ4n) is 2.14. The maximum atomic E-state index is 8.42. The summed E-state index contributed by atoms with van der Waals surface area (Å²) < 4.78 is 5.62. The Balaban J connectivity index is 1.93. The summed E-state index contributed by atoms with van der Waals surface area (Å²) in [5.74, 6) is 0.957. The molecule has 0 heterocycles. The van der Waals surface area contributed by atoms with Crippen LogP contribution in [0.4, 0.5) is 0 Å². The first kappa shape index (κ1) is 11.0. The molecule has 1 aliphatic carbocycles. The number of benzene rings is 1. The average molecular weight is 215 g/mol. The lowest BCUT2D eigenvalue weighted by atomic mass is 9.92. The van der Waals surface area contributed by atoms with Crippen LogP contribution >= 0.6 is 0 Å². The molecule has 1 aromatic rings. The molecule has 0 amide bonds. The Morgan fingerprint density at radius 1 is 1.19 bits per heavy atom. The van der Waals surface area contributed by atoms with Crippen LogP contribution in [0.2, 0.25) is 0 Å². The van der Waals surface area contributed by atoms with Gasteiger partial charge in [0.1, 0.15) is 5.75 Å². The summed E-state index contributed by atoms with van der Waals surface area (Å²) in [5.41, 5.74) is 2.93. The molecule has 0 fully saturated rings. The van der Waals surface area contributed by atoms with Gasteiger partial charge in [0.2, 0.25) is 0 Å². The summed E-state index contributed by atoms with van der Waals surface area (Å²) in [4.78, 5) is 0. The molecule has 2 rings (SSSR count). The van der Waals surface area contributed by atoms with Gasteiger partial charge in [-0.3, -0.25) is 0 Å². The van der Waals surface area contributed by atoms with Crippen molar-refractivity contribution in [2.24, 2.45) is 0 Å². The smallest absolute Gasteiger partial charge is 0.119 e. The van der Waals surface area contributed by atoms with Crippen LogP contribution in [0.5, 0.6) is 5.75 Å². The van der Waals surface area contributed by atoms with Crippen LogP contribution in [0.3, 0.4) is 0 Å². The van der Waals surface area contributed by atoms with E-state index in [1.165, 1.54) is 36.8 Å². The minimum absolute atomic E-state index is 0.574. The van der Waals surface area contributed by atoms with Crippen molar-refractivity contribution in [2.75, 3.05) is 6.61 Å². The molecule has 0 saturated carbocycles. The number of nitriles is 1. The molecule has 2 heteroatoms. The quantitative estimate of drug-likeness (QED) is 0.722. The van der Waals surface area contributed by atoms with Gasteiger partial charge < -0.3 is 4.74 Å². The first-order valence-electron chi connectivity index (χ1n) is 6.02. The normalized spacial score (nSPS) is 13.9. The van der Waals surface area contributed by atoms with Crippen molar-refractivity contribution < 1.29 is 4.74 Å². The van der Waals surface area contributed by atoms with Gasteiger partial charge in [-0.2, -0.15) is 5.26 Å². The lowest BCUT2D eigenvalue weighted by molar-refractivity contribution is 0.312. The Bertz CT molecular complexity index is 392. The lowest BCUT2D eigenvalue weighted by Crippen LogP contribution is -2.03. The van der Waals surface area contributed by atoms with Gasteiger partial charge in [0.15, 0.2) is 0 Å². The third-order valence-electron chi connectivity index (χ3n) is 3.02. The number of nitrogens with zero attached hydrogens (tertiary/aromatic N) is 1. The number of aryl methyl sites for hydroxylation is 2.